The summed E-state index contributed by atoms with van der Waals surface area (Å²) < 4.78 is 0. The van der Waals surface area contributed by atoms with Gasteiger partial charge < -0.3 is 10.7 Å². The van der Waals surface area contributed by atoms with E-state index < -0.39 is 0 Å². The van der Waals surface area contributed by atoms with Crippen molar-refractivity contribution in [3.05, 3.63) is 34.2 Å². The van der Waals surface area contributed by atoms with Crippen molar-refractivity contribution in [3.63, 3.8) is 0 Å². The Hall–Kier alpha value is -2.70. The van der Waals surface area contributed by atoms with E-state index in [0.29, 0.717) is 17.0 Å². The second-order valence-corrected chi connectivity index (χ2v) is 3.90. The highest BCUT2D eigenvalue weighted by Gasteiger charge is 2.12. The molecule has 0 amide bonds. The zero-order chi connectivity index (χ0) is 12.7. The zero-order valence-electron chi connectivity index (χ0n) is 9.56. The Labute approximate surface area is 101 Å². The first kappa shape index (κ1) is 10.5. The van der Waals surface area contributed by atoms with Gasteiger partial charge in [0.15, 0.2) is 17.0 Å². The number of aromatic nitrogens is 5. The molecule has 4 N–H and O–H groups in total. The van der Waals surface area contributed by atoms with Crippen molar-refractivity contribution in [2.75, 3.05) is 5.73 Å². The number of pyridine rings is 1. The van der Waals surface area contributed by atoms with Crippen molar-refractivity contribution in [2.24, 2.45) is 0 Å². The second-order valence-electron chi connectivity index (χ2n) is 3.90. The molecule has 0 aliphatic carbocycles. The summed E-state index contributed by atoms with van der Waals surface area (Å²) in [4.78, 5) is 29.4. The van der Waals surface area contributed by atoms with Gasteiger partial charge in [0, 0.05) is 6.20 Å². The molecule has 0 aliphatic heterocycles. The van der Waals surface area contributed by atoms with Crippen LogP contribution in [-0.2, 0) is 0 Å². The van der Waals surface area contributed by atoms with Crippen LogP contribution in [0.4, 0.5) is 5.95 Å². The molecule has 0 radical (unpaired) electrons. The van der Waals surface area contributed by atoms with E-state index in [9.17, 15) is 4.79 Å². The molecule has 3 rings (SSSR count). The Morgan fingerprint density at radius 1 is 1.28 bits per heavy atom. The lowest BCUT2D eigenvalue weighted by Crippen LogP contribution is -2.10. The van der Waals surface area contributed by atoms with Crippen molar-refractivity contribution < 1.29 is 0 Å². The van der Waals surface area contributed by atoms with E-state index in [0.717, 1.165) is 5.56 Å². The van der Waals surface area contributed by atoms with Gasteiger partial charge in [-0.15, -0.1) is 0 Å². The van der Waals surface area contributed by atoms with E-state index in [4.69, 9.17) is 5.73 Å². The fraction of sp³-hybridized carbons (Fsp3) is 0.0909. The van der Waals surface area contributed by atoms with Gasteiger partial charge in [-0.2, -0.15) is 4.98 Å². The van der Waals surface area contributed by atoms with E-state index >= 15 is 0 Å². The largest absolute Gasteiger partial charge is 0.369 e. The fourth-order valence-electron chi connectivity index (χ4n) is 1.77. The lowest BCUT2D eigenvalue weighted by Gasteiger charge is -1.98. The number of hydrogen-bond donors (Lipinski definition) is 3. The quantitative estimate of drug-likeness (QED) is 0.578. The number of hydrogen-bond acceptors (Lipinski definition) is 5. The van der Waals surface area contributed by atoms with E-state index in [1.54, 1.807) is 6.20 Å². The lowest BCUT2D eigenvalue weighted by molar-refractivity contribution is 1.17. The summed E-state index contributed by atoms with van der Waals surface area (Å²) in [6, 6.07) is 3.76. The van der Waals surface area contributed by atoms with E-state index in [1.165, 1.54) is 0 Å². The number of nitrogen functional groups attached to an aromatic ring is 1. The molecule has 0 aliphatic rings. The predicted molar refractivity (Wildman–Crippen MR) is 66.9 cm³/mol. The highest BCUT2D eigenvalue weighted by atomic mass is 16.1. The standard InChI is InChI=1S/C11H10N6O/c1-5-3-2-4-13-6(5)8-14-7-9(15-8)16-11(12)17-10(7)18/h2-4H,1H3,(H4,12,14,15,16,17,18). The minimum Gasteiger partial charge on any atom is -0.369 e. The number of aryl methyl sites for hydroxylation is 1. The molecule has 0 bridgehead atoms. The van der Waals surface area contributed by atoms with Crippen LogP contribution in [0.15, 0.2) is 23.1 Å². The van der Waals surface area contributed by atoms with Crippen LogP contribution in [0, 0.1) is 6.92 Å². The lowest BCUT2D eigenvalue weighted by atomic mass is 10.2. The van der Waals surface area contributed by atoms with Gasteiger partial charge in [-0.05, 0) is 18.6 Å². The molecule has 3 aromatic heterocycles. The van der Waals surface area contributed by atoms with Crippen molar-refractivity contribution in [1.82, 2.24) is 24.9 Å². The fourth-order valence-corrected chi connectivity index (χ4v) is 1.77. The summed E-state index contributed by atoms with van der Waals surface area (Å²) in [5.74, 6) is 0.551. The number of fused-ring (bicyclic) bond motifs is 1. The first-order valence-electron chi connectivity index (χ1n) is 5.32. The number of nitrogens with one attached hydrogen (secondary N) is 2. The maximum Gasteiger partial charge on any atom is 0.278 e. The smallest absolute Gasteiger partial charge is 0.278 e. The Balaban J connectivity index is 2.30. The maximum atomic E-state index is 11.7. The predicted octanol–water partition coefficient (Wildman–Crippen LogP) is 0.599. The summed E-state index contributed by atoms with van der Waals surface area (Å²) in [6.07, 6.45) is 1.67. The van der Waals surface area contributed by atoms with Crippen molar-refractivity contribution in [3.8, 4) is 11.5 Å². The number of nitrogens with zero attached hydrogens (tertiary/aromatic N) is 3. The minimum absolute atomic E-state index is 0.0447. The molecule has 18 heavy (non-hydrogen) atoms. The van der Waals surface area contributed by atoms with Crippen LogP contribution in [0.1, 0.15) is 5.56 Å². The Kier molecular flexibility index (Phi) is 2.12. The van der Waals surface area contributed by atoms with Crippen LogP contribution in [0.25, 0.3) is 22.7 Å². The molecular formula is C11H10N6O. The molecule has 0 aromatic carbocycles. The SMILES string of the molecule is Cc1cccnc1-c1nc2nc(N)[nH]c(=O)c2[nH]1. The summed E-state index contributed by atoms with van der Waals surface area (Å²) in [7, 11) is 0. The number of H-pyrrole nitrogens is 2. The van der Waals surface area contributed by atoms with Crippen LogP contribution < -0.4 is 11.3 Å². The van der Waals surface area contributed by atoms with Crippen molar-refractivity contribution in [2.45, 2.75) is 6.92 Å². The average Bonchev–Trinajstić information content (AvgIpc) is 2.73. The van der Waals surface area contributed by atoms with Crippen LogP contribution in [0.5, 0.6) is 0 Å². The third-order valence-corrected chi connectivity index (χ3v) is 2.61. The molecule has 0 saturated heterocycles. The third kappa shape index (κ3) is 1.53. The highest BCUT2D eigenvalue weighted by Crippen LogP contribution is 2.18. The van der Waals surface area contributed by atoms with E-state index in [-0.39, 0.29) is 17.2 Å². The number of imidazole rings is 1. The molecule has 0 saturated carbocycles. The monoisotopic (exact) mass is 242 g/mol. The summed E-state index contributed by atoms with van der Waals surface area (Å²) in [5, 5.41) is 0. The molecule has 0 spiro atoms. The first-order chi connectivity index (χ1) is 8.65. The van der Waals surface area contributed by atoms with Gasteiger partial charge in [-0.25, -0.2) is 4.98 Å². The normalized spacial score (nSPS) is 10.9. The molecule has 0 fully saturated rings. The molecule has 0 atom stereocenters. The highest BCUT2D eigenvalue weighted by molar-refractivity contribution is 5.75. The van der Waals surface area contributed by atoms with Gasteiger partial charge in [-0.3, -0.25) is 14.8 Å². The van der Waals surface area contributed by atoms with E-state index in [1.807, 2.05) is 19.1 Å². The molecular weight excluding hydrogens is 232 g/mol. The topological polar surface area (TPSA) is 113 Å². The van der Waals surface area contributed by atoms with Crippen LogP contribution in [0.2, 0.25) is 0 Å². The van der Waals surface area contributed by atoms with Crippen LogP contribution in [-0.4, -0.2) is 24.9 Å². The van der Waals surface area contributed by atoms with Gasteiger partial charge in [-0.1, -0.05) is 6.07 Å². The number of nitrogens with two attached hydrogens (primary N) is 1. The molecule has 0 unspecified atom stereocenters. The first-order valence-corrected chi connectivity index (χ1v) is 5.32. The average molecular weight is 242 g/mol. The molecule has 90 valence electrons. The molecule has 3 heterocycles. The molecule has 7 heteroatoms. The zero-order valence-corrected chi connectivity index (χ0v) is 9.56. The minimum atomic E-state index is -0.343. The Bertz CT molecular complexity index is 788. The van der Waals surface area contributed by atoms with Gasteiger partial charge in [0.05, 0.1) is 0 Å². The number of aromatic amines is 2. The summed E-state index contributed by atoms with van der Waals surface area (Å²) in [5.41, 5.74) is 7.36. The Morgan fingerprint density at radius 2 is 2.11 bits per heavy atom. The second kappa shape index (κ2) is 3.66. The van der Waals surface area contributed by atoms with E-state index in [2.05, 4.69) is 24.9 Å². The van der Waals surface area contributed by atoms with Gasteiger partial charge in [0.1, 0.15) is 5.69 Å². The number of rotatable bonds is 1. The molecule has 7 nitrogen and oxygen atoms in total. The summed E-state index contributed by atoms with van der Waals surface area (Å²) in [6.45, 7) is 1.92. The molecule has 3 aromatic rings. The van der Waals surface area contributed by atoms with Crippen LogP contribution >= 0.6 is 0 Å². The van der Waals surface area contributed by atoms with Gasteiger partial charge in [0.25, 0.3) is 5.56 Å². The third-order valence-electron chi connectivity index (χ3n) is 2.61. The van der Waals surface area contributed by atoms with Crippen LogP contribution in [0.3, 0.4) is 0 Å². The van der Waals surface area contributed by atoms with Gasteiger partial charge >= 0.3 is 0 Å². The Morgan fingerprint density at radius 3 is 2.89 bits per heavy atom. The van der Waals surface area contributed by atoms with Gasteiger partial charge in [0.2, 0.25) is 5.95 Å². The van der Waals surface area contributed by atoms with Crippen molar-refractivity contribution >= 4 is 17.1 Å². The summed E-state index contributed by atoms with van der Waals surface area (Å²) >= 11 is 0. The maximum absolute atomic E-state index is 11.7. The van der Waals surface area contributed by atoms with Crippen molar-refractivity contribution in [1.29, 1.82) is 0 Å². The number of anilines is 1.